The van der Waals surface area contributed by atoms with Gasteiger partial charge in [-0.2, -0.15) is 202 Å². The fourth-order valence-corrected chi connectivity index (χ4v) is 5.23. The van der Waals surface area contributed by atoms with Crippen LogP contribution in [0.5, 0.6) is 0 Å². The standard InChI is InChI=1S/C31H8BF46NO9/c1-2-7(80)79-6-4-3-5(10(33,18(43,44)45)83-28(71,72)14(39,22(55,56)57)87-30(75,76)16(41,24(61,62)63)85-26(67,68)12(35,36)20(49,50)51)9(32(81)82)8(6)11(34,19(46,47)48)84-29(73,74)15(40,23(58,59)60)88-31(77,78)17(42,25(64,65)66)86-27(69,70)13(37,38)21(52,53)54/h2-4,81-82H,1H2,(H,79,80). The molecule has 88 heavy (non-hydrogen) atoms. The molecule has 0 aliphatic rings. The summed E-state index contributed by atoms with van der Waals surface area (Å²) in [6.07, 6.45) is -127. The first-order valence-electron chi connectivity index (χ1n) is 19.0. The Morgan fingerprint density at radius 3 is 0.807 bits per heavy atom. The smallest absolute Gasteiger partial charge is 0.423 e. The summed E-state index contributed by atoms with van der Waals surface area (Å²) in [5.41, 5.74) is -18.0. The summed E-state index contributed by atoms with van der Waals surface area (Å²) >= 11 is 0. The quantitative estimate of drug-likeness (QED) is 0.0558. The van der Waals surface area contributed by atoms with Crippen LogP contribution in [0.2, 0.25) is 0 Å². The summed E-state index contributed by atoms with van der Waals surface area (Å²) in [6.45, 7) is 2.24. The zero-order chi connectivity index (χ0) is 71.5. The SMILES string of the molecule is C=CC(=O)Nc1ccc(C(F)(OC(F)(F)C(F)(OC(F)(F)C(F)(OC(F)(F)C(F)(F)C(F)(F)F)C(F)(F)F)C(F)(F)F)C(F)(F)F)c(B(O)O)c1C(F)(OC(F)(F)C(F)(OC(F)(F)C(F)(OC(F)(F)C(F)(F)C(F)(F)F)C(F)(F)F)C(F)(F)F)C(F)(F)F. The van der Waals surface area contributed by atoms with E-state index in [0.29, 0.717) is 0 Å². The largest absolute Gasteiger partial charge is 0.489 e. The van der Waals surface area contributed by atoms with Crippen LogP contribution in [0.25, 0.3) is 0 Å². The summed E-state index contributed by atoms with van der Waals surface area (Å²) in [5.74, 6) is -75.5. The number of hydrogen-bond acceptors (Lipinski definition) is 9. The minimum atomic E-state index is -9.63. The third-order valence-electron chi connectivity index (χ3n) is 9.36. The highest BCUT2D eigenvalue weighted by Gasteiger charge is 2.91. The van der Waals surface area contributed by atoms with Crippen molar-refractivity contribution in [3.63, 3.8) is 0 Å². The number of anilines is 1. The van der Waals surface area contributed by atoms with Crippen molar-refractivity contribution in [2.45, 2.75) is 133 Å². The second kappa shape index (κ2) is 22.4. The Balaban J connectivity index is 4.93. The molecule has 516 valence electrons. The minimum absolute atomic E-state index is 0.181. The molecule has 1 amide bonds. The lowest BCUT2D eigenvalue weighted by atomic mass is 9.69. The number of alkyl halides is 46. The van der Waals surface area contributed by atoms with Crippen LogP contribution < -0.4 is 10.8 Å². The van der Waals surface area contributed by atoms with Crippen LogP contribution in [0.15, 0.2) is 24.8 Å². The Morgan fingerprint density at radius 1 is 0.352 bits per heavy atom. The lowest BCUT2D eigenvalue weighted by Crippen LogP contribution is -2.70. The molecular formula is C31H8BF46NO9. The molecule has 0 saturated heterocycles. The fraction of sp³-hybridized carbons (Fsp3) is 0.710. The molecular weight excluding hydrogens is 1420 g/mol. The van der Waals surface area contributed by atoms with E-state index in [9.17, 15) is 182 Å². The number of benzene rings is 1. The third-order valence-corrected chi connectivity index (χ3v) is 9.36. The number of amides is 1. The van der Waals surface area contributed by atoms with Crippen molar-refractivity contribution in [2.75, 3.05) is 5.32 Å². The highest BCUT2D eigenvalue weighted by atomic mass is 19.5. The molecule has 0 aliphatic heterocycles. The summed E-state index contributed by atoms with van der Waals surface area (Å²) in [6, 6.07) is -3.74. The van der Waals surface area contributed by atoms with E-state index in [-0.39, 0.29) is 5.32 Å². The van der Waals surface area contributed by atoms with Crippen LogP contribution in [0.4, 0.5) is 208 Å². The summed E-state index contributed by atoms with van der Waals surface area (Å²) in [4.78, 5) is 12.0. The molecule has 6 atom stereocenters. The second-order valence-electron chi connectivity index (χ2n) is 15.4. The van der Waals surface area contributed by atoms with Crippen LogP contribution in [0, 0.1) is 0 Å². The van der Waals surface area contributed by atoms with Gasteiger partial charge in [0.15, 0.2) is 0 Å². The van der Waals surface area contributed by atoms with E-state index < -0.39 is 187 Å². The molecule has 0 fully saturated rings. The third kappa shape index (κ3) is 13.5. The van der Waals surface area contributed by atoms with Gasteiger partial charge in [0.05, 0.1) is 0 Å². The van der Waals surface area contributed by atoms with Gasteiger partial charge < -0.3 is 15.4 Å². The second-order valence-corrected chi connectivity index (χ2v) is 15.4. The Bertz CT molecular complexity index is 2670. The predicted octanol–water partition coefficient (Wildman–Crippen LogP) is 13.8. The number of nitrogens with one attached hydrogen (secondary N) is 1. The maximum Gasteiger partial charge on any atom is 0.489 e. The molecule has 1 aromatic rings. The van der Waals surface area contributed by atoms with Crippen molar-refractivity contribution in [2.24, 2.45) is 0 Å². The van der Waals surface area contributed by atoms with Gasteiger partial charge in [-0.05, 0) is 12.1 Å². The van der Waals surface area contributed by atoms with Crippen LogP contribution in [0.1, 0.15) is 11.1 Å². The van der Waals surface area contributed by atoms with E-state index in [4.69, 9.17) is 0 Å². The van der Waals surface area contributed by atoms with Crippen molar-refractivity contribution in [3.8, 4) is 0 Å². The molecule has 1 aromatic carbocycles. The Hall–Kier alpha value is -5.05. The van der Waals surface area contributed by atoms with Gasteiger partial charge in [-0.25, -0.2) is 0 Å². The first kappa shape index (κ1) is 81.0. The Kier molecular flexibility index (Phi) is 20.6. The normalized spacial score (nSPS) is 19.4. The van der Waals surface area contributed by atoms with Crippen LogP contribution in [-0.4, -0.2) is 144 Å². The zero-order valence-electron chi connectivity index (χ0n) is 38.2. The van der Waals surface area contributed by atoms with Crippen molar-refractivity contribution < 1.29 is 245 Å². The van der Waals surface area contributed by atoms with Gasteiger partial charge in [-0.1, -0.05) is 12.6 Å². The van der Waals surface area contributed by atoms with Gasteiger partial charge in [0, 0.05) is 22.3 Å². The van der Waals surface area contributed by atoms with E-state index in [1.807, 2.05) is 0 Å². The number of hydrogen-bond donors (Lipinski definition) is 3. The van der Waals surface area contributed by atoms with E-state index in [1.54, 1.807) is 4.74 Å². The number of rotatable bonds is 23. The summed E-state index contributed by atoms with van der Waals surface area (Å²) < 4.78 is 653. The van der Waals surface area contributed by atoms with Gasteiger partial charge in [0.25, 0.3) is 0 Å². The van der Waals surface area contributed by atoms with Gasteiger partial charge in [0.2, 0.25) is 5.91 Å². The van der Waals surface area contributed by atoms with E-state index in [2.05, 4.69) is 6.58 Å². The van der Waals surface area contributed by atoms with Crippen molar-refractivity contribution in [1.29, 1.82) is 0 Å². The highest BCUT2D eigenvalue weighted by Crippen LogP contribution is 2.64. The van der Waals surface area contributed by atoms with E-state index in [0.717, 1.165) is 18.9 Å². The lowest BCUT2D eigenvalue weighted by molar-refractivity contribution is -0.580. The number of ether oxygens (including phenoxy) is 6. The summed E-state index contributed by atoms with van der Waals surface area (Å²) in [7, 11) is -5.72. The molecule has 3 N–H and O–H groups in total. The Morgan fingerprint density at radius 2 is 0.591 bits per heavy atom. The molecule has 1 rings (SSSR count). The molecule has 0 aliphatic carbocycles. The van der Waals surface area contributed by atoms with Crippen LogP contribution >= 0.6 is 0 Å². The molecule has 57 heteroatoms. The minimum Gasteiger partial charge on any atom is -0.423 e. The van der Waals surface area contributed by atoms with Gasteiger partial charge >= 0.3 is 140 Å². The lowest BCUT2D eigenvalue weighted by Gasteiger charge is -2.44. The van der Waals surface area contributed by atoms with Crippen molar-refractivity contribution >= 4 is 24.2 Å². The molecule has 0 heterocycles. The van der Waals surface area contributed by atoms with E-state index >= 15 is 35.1 Å². The molecule has 0 spiro atoms. The van der Waals surface area contributed by atoms with E-state index in [1.165, 1.54) is 4.74 Å². The molecule has 10 nitrogen and oxygen atoms in total. The average Bonchev–Trinajstić information content (AvgIpc) is 0.831. The first-order chi connectivity index (χ1) is 37.6. The predicted molar refractivity (Wildman–Crippen MR) is 171 cm³/mol. The monoisotopic (exact) mass is 1420 g/mol. The van der Waals surface area contributed by atoms with Crippen LogP contribution in [0.3, 0.4) is 0 Å². The maximum absolute atomic E-state index is 16.6. The summed E-state index contributed by atoms with van der Waals surface area (Å²) in [5, 5.41) is 19.6. The average molecular weight is 1420 g/mol. The fourth-order valence-electron chi connectivity index (χ4n) is 5.23. The first-order valence-corrected chi connectivity index (χ1v) is 19.0. The molecule has 0 bridgehead atoms. The molecule has 0 saturated carbocycles. The van der Waals surface area contributed by atoms with Gasteiger partial charge in [0.1, 0.15) is 0 Å². The van der Waals surface area contributed by atoms with Gasteiger partial charge in [-0.15, -0.1) is 0 Å². The Labute approximate surface area is 444 Å². The highest BCUT2D eigenvalue weighted by molar-refractivity contribution is 6.60. The molecule has 0 aromatic heterocycles. The topological polar surface area (TPSA) is 125 Å². The van der Waals surface area contributed by atoms with Crippen LogP contribution in [-0.2, 0) is 44.9 Å². The number of carbonyl (C=O) groups excluding carboxylic acids is 1. The van der Waals surface area contributed by atoms with Gasteiger partial charge in [-0.3, -0.25) is 33.2 Å². The van der Waals surface area contributed by atoms with Crippen molar-refractivity contribution in [3.05, 3.63) is 35.9 Å². The molecule has 0 radical (unpaired) electrons. The number of halogens is 46. The molecule has 6 unspecified atom stereocenters. The van der Waals surface area contributed by atoms with Crippen molar-refractivity contribution in [1.82, 2.24) is 0 Å². The maximum atomic E-state index is 16.6. The number of carbonyl (C=O) groups is 1. The zero-order valence-corrected chi connectivity index (χ0v) is 38.2.